The first kappa shape index (κ1) is 21.0. The monoisotopic (exact) mass is 428 g/mol. The molecule has 3 aromatic rings. The fourth-order valence-electron chi connectivity index (χ4n) is 3.02. The van der Waals surface area contributed by atoms with Gasteiger partial charge in [-0.05, 0) is 38.6 Å². The number of nitrogens with zero attached hydrogens (tertiary/aromatic N) is 2. The SMILES string of the molecule is CCOC(=O)c1c(NC(=S)NCc2cnn(C)c2C)sc(C)c1-c1ccccc1. The molecule has 0 radical (unpaired) electrons. The Bertz CT molecular complexity index is 1020. The van der Waals surface area contributed by atoms with Crippen LogP contribution in [0.4, 0.5) is 5.00 Å². The number of thiophene rings is 1. The maximum absolute atomic E-state index is 12.8. The van der Waals surface area contributed by atoms with E-state index in [2.05, 4.69) is 15.7 Å². The van der Waals surface area contributed by atoms with Gasteiger partial charge in [-0.1, -0.05) is 30.3 Å². The molecule has 0 saturated carbocycles. The minimum Gasteiger partial charge on any atom is -0.462 e. The van der Waals surface area contributed by atoms with Crippen LogP contribution in [-0.2, 0) is 18.3 Å². The predicted molar refractivity (Wildman–Crippen MR) is 121 cm³/mol. The largest absolute Gasteiger partial charge is 0.462 e. The summed E-state index contributed by atoms with van der Waals surface area (Å²) in [6.07, 6.45) is 1.82. The molecular weight excluding hydrogens is 404 g/mol. The maximum Gasteiger partial charge on any atom is 0.341 e. The van der Waals surface area contributed by atoms with Gasteiger partial charge in [-0.3, -0.25) is 4.68 Å². The number of aromatic nitrogens is 2. The Hall–Kier alpha value is -2.71. The summed E-state index contributed by atoms with van der Waals surface area (Å²) in [4.78, 5) is 13.8. The number of carbonyl (C=O) groups is 1. The number of hydrogen-bond donors (Lipinski definition) is 2. The zero-order valence-electron chi connectivity index (χ0n) is 16.9. The molecule has 29 heavy (non-hydrogen) atoms. The Kier molecular flexibility index (Phi) is 6.66. The van der Waals surface area contributed by atoms with Gasteiger partial charge in [-0.25, -0.2) is 4.79 Å². The summed E-state index contributed by atoms with van der Waals surface area (Å²) >= 11 is 6.96. The Morgan fingerprint density at radius 2 is 2.00 bits per heavy atom. The Morgan fingerprint density at radius 3 is 2.62 bits per heavy atom. The van der Waals surface area contributed by atoms with Crippen LogP contribution in [0.25, 0.3) is 11.1 Å². The second-order valence-corrected chi connectivity index (χ2v) is 8.14. The van der Waals surface area contributed by atoms with Crippen molar-refractivity contribution in [3.63, 3.8) is 0 Å². The number of thiocarbonyl (C=S) groups is 1. The first-order chi connectivity index (χ1) is 13.9. The lowest BCUT2D eigenvalue weighted by Gasteiger charge is -2.12. The van der Waals surface area contributed by atoms with Gasteiger partial charge in [-0.2, -0.15) is 5.10 Å². The van der Waals surface area contributed by atoms with Crippen LogP contribution in [0, 0.1) is 13.8 Å². The van der Waals surface area contributed by atoms with Crippen molar-refractivity contribution in [1.82, 2.24) is 15.1 Å². The normalized spacial score (nSPS) is 10.6. The average Bonchev–Trinajstić information content (AvgIpc) is 3.20. The zero-order chi connectivity index (χ0) is 21.0. The molecule has 0 bridgehead atoms. The van der Waals surface area contributed by atoms with Crippen molar-refractivity contribution >= 4 is 39.6 Å². The highest BCUT2D eigenvalue weighted by molar-refractivity contribution is 7.80. The third-order valence-corrected chi connectivity index (χ3v) is 5.90. The van der Waals surface area contributed by atoms with Crippen molar-refractivity contribution in [3.05, 3.63) is 58.2 Å². The highest BCUT2D eigenvalue weighted by Gasteiger charge is 2.24. The molecule has 152 valence electrons. The van der Waals surface area contributed by atoms with E-state index in [0.717, 1.165) is 27.3 Å². The summed E-state index contributed by atoms with van der Waals surface area (Å²) in [7, 11) is 1.90. The molecule has 0 aliphatic carbocycles. The standard InChI is InChI=1S/C21H24N4O2S2/c1-5-27-20(26)18-17(15-9-7-6-8-10-15)14(3)29-19(18)24-21(28)22-11-16-12-23-25(4)13(16)2/h6-10,12H,5,11H2,1-4H3,(H2,22,24,28). The Labute approximate surface area is 179 Å². The number of anilines is 1. The molecule has 0 amide bonds. The van der Waals surface area contributed by atoms with Crippen molar-refractivity contribution in [2.24, 2.45) is 7.05 Å². The Morgan fingerprint density at radius 1 is 1.28 bits per heavy atom. The quantitative estimate of drug-likeness (QED) is 0.447. The second kappa shape index (κ2) is 9.19. The van der Waals surface area contributed by atoms with Crippen LogP contribution in [0.1, 0.15) is 33.4 Å². The van der Waals surface area contributed by atoms with Crippen LogP contribution in [0.15, 0.2) is 36.5 Å². The topological polar surface area (TPSA) is 68.2 Å². The average molecular weight is 429 g/mol. The number of ether oxygens (including phenoxy) is 1. The van der Waals surface area contributed by atoms with Crippen LogP contribution in [-0.4, -0.2) is 27.5 Å². The van der Waals surface area contributed by atoms with E-state index in [1.165, 1.54) is 11.3 Å². The molecule has 0 spiro atoms. The van der Waals surface area contributed by atoms with Crippen molar-refractivity contribution in [3.8, 4) is 11.1 Å². The number of aryl methyl sites for hydroxylation is 2. The van der Waals surface area contributed by atoms with Gasteiger partial charge in [-0.15, -0.1) is 11.3 Å². The van der Waals surface area contributed by atoms with E-state index in [1.54, 1.807) is 6.92 Å². The molecule has 0 fully saturated rings. The number of hydrogen-bond acceptors (Lipinski definition) is 5. The van der Waals surface area contributed by atoms with Gasteiger partial charge >= 0.3 is 5.97 Å². The fraction of sp³-hybridized carbons (Fsp3) is 0.286. The molecular formula is C21H24N4O2S2. The van der Waals surface area contributed by atoms with Crippen molar-refractivity contribution < 1.29 is 9.53 Å². The fourth-order valence-corrected chi connectivity index (χ4v) is 4.33. The first-order valence-electron chi connectivity index (χ1n) is 9.30. The minimum atomic E-state index is -0.357. The van der Waals surface area contributed by atoms with E-state index in [4.69, 9.17) is 17.0 Å². The van der Waals surface area contributed by atoms with Gasteiger partial charge < -0.3 is 15.4 Å². The molecule has 2 aromatic heterocycles. The van der Waals surface area contributed by atoms with Crippen molar-refractivity contribution in [2.45, 2.75) is 27.3 Å². The lowest BCUT2D eigenvalue weighted by Crippen LogP contribution is -2.28. The number of esters is 1. The lowest BCUT2D eigenvalue weighted by atomic mass is 10.0. The van der Waals surface area contributed by atoms with E-state index in [9.17, 15) is 4.79 Å². The summed E-state index contributed by atoms with van der Waals surface area (Å²) in [5, 5.41) is 11.7. The minimum absolute atomic E-state index is 0.310. The molecule has 6 nitrogen and oxygen atoms in total. The highest BCUT2D eigenvalue weighted by atomic mass is 32.1. The van der Waals surface area contributed by atoms with Gasteiger partial charge in [0.2, 0.25) is 0 Å². The van der Waals surface area contributed by atoms with Gasteiger partial charge in [0.1, 0.15) is 10.6 Å². The van der Waals surface area contributed by atoms with Crippen LogP contribution < -0.4 is 10.6 Å². The maximum atomic E-state index is 12.8. The van der Waals surface area contributed by atoms with Crippen LogP contribution >= 0.6 is 23.6 Å². The zero-order valence-corrected chi connectivity index (χ0v) is 18.5. The van der Waals surface area contributed by atoms with Gasteiger partial charge in [0.05, 0.1) is 12.8 Å². The molecule has 0 unspecified atom stereocenters. The highest BCUT2D eigenvalue weighted by Crippen LogP contribution is 2.40. The number of rotatable bonds is 6. The second-order valence-electron chi connectivity index (χ2n) is 6.51. The third-order valence-electron chi connectivity index (χ3n) is 4.63. The summed E-state index contributed by atoms with van der Waals surface area (Å²) in [5.74, 6) is -0.357. The van der Waals surface area contributed by atoms with Crippen molar-refractivity contribution in [2.75, 3.05) is 11.9 Å². The van der Waals surface area contributed by atoms with E-state index >= 15 is 0 Å². The van der Waals surface area contributed by atoms with Crippen LogP contribution in [0.2, 0.25) is 0 Å². The van der Waals surface area contributed by atoms with Gasteiger partial charge in [0, 0.05) is 35.3 Å². The summed E-state index contributed by atoms with van der Waals surface area (Å²) in [6, 6.07) is 9.84. The molecule has 0 aliphatic heterocycles. The number of benzene rings is 1. The number of nitrogens with one attached hydrogen (secondary N) is 2. The van der Waals surface area contributed by atoms with E-state index < -0.39 is 0 Å². The molecule has 2 heterocycles. The van der Waals surface area contributed by atoms with Crippen LogP contribution in [0.3, 0.4) is 0 Å². The van der Waals surface area contributed by atoms with Crippen LogP contribution in [0.5, 0.6) is 0 Å². The molecule has 1 aromatic carbocycles. The summed E-state index contributed by atoms with van der Waals surface area (Å²) in [6.45, 7) is 6.67. The molecule has 0 aliphatic rings. The third kappa shape index (κ3) is 4.65. The lowest BCUT2D eigenvalue weighted by molar-refractivity contribution is 0.0529. The van der Waals surface area contributed by atoms with Gasteiger partial charge in [0.25, 0.3) is 0 Å². The molecule has 0 saturated heterocycles. The van der Waals surface area contributed by atoms with E-state index in [0.29, 0.717) is 28.8 Å². The summed E-state index contributed by atoms with van der Waals surface area (Å²) in [5.41, 5.74) is 4.51. The van der Waals surface area contributed by atoms with E-state index in [-0.39, 0.29) is 5.97 Å². The molecule has 0 atom stereocenters. The number of carbonyl (C=O) groups excluding carboxylic acids is 1. The molecule has 3 rings (SSSR count). The molecule has 2 N–H and O–H groups in total. The first-order valence-corrected chi connectivity index (χ1v) is 10.5. The van der Waals surface area contributed by atoms with Crippen molar-refractivity contribution in [1.29, 1.82) is 0 Å². The smallest absolute Gasteiger partial charge is 0.341 e. The van der Waals surface area contributed by atoms with Gasteiger partial charge in [0.15, 0.2) is 5.11 Å². The molecule has 8 heteroatoms. The van der Waals surface area contributed by atoms with E-state index in [1.807, 2.05) is 62.1 Å². The predicted octanol–water partition coefficient (Wildman–Crippen LogP) is 4.43. The Balaban J connectivity index is 1.85. The summed E-state index contributed by atoms with van der Waals surface area (Å²) < 4.78 is 7.15.